The minimum atomic E-state index is -0.866. The minimum Gasteiger partial charge on any atom is -0.507 e. The Morgan fingerprint density at radius 3 is 2.70 bits per heavy atom. The molecule has 3 aromatic rings. The first-order valence-electron chi connectivity index (χ1n) is 10.6. The number of halogens is 1. The molecule has 6 nitrogen and oxygen atoms in total. The van der Waals surface area contributed by atoms with Gasteiger partial charge in [0.25, 0.3) is 11.7 Å². The first-order valence-corrected chi connectivity index (χ1v) is 10.6. The van der Waals surface area contributed by atoms with Crippen LogP contribution in [0.3, 0.4) is 0 Å². The fraction of sp³-hybridized carbons (Fsp3) is 0.192. The fourth-order valence-electron chi connectivity index (χ4n) is 4.45. The second-order valence-corrected chi connectivity index (χ2v) is 8.29. The largest absolute Gasteiger partial charge is 0.507 e. The van der Waals surface area contributed by atoms with E-state index in [1.807, 2.05) is 6.92 Å². The van der Waals surface area contributed by atoms with Gasteiger partial charge in [-0.1, -0.05) is 18.2 Å². The van der Waals surface area contributed by atoms with E-state index in [0.29, 0.717) is 17.5 Å². The molecule has 0 spiro atoms. The summed E-state index contributed by atoms with van der Waals surface area (Å²) in [6.07, 6.45) is 3.95. The Morgan fingerprint density at radius 1 is 1.18 bits per heavy atom. The van der Waals surface area contributed by atoms with Gasteiger partial charge in [0.2, 0.25) is 0 Å². The number of amides is 1. The molecule has 1 fully saturated rings. The highest BCUT2D eigenvalue weighted by molar-refractivity contribution is 6.46. The molecule has 1 aromatic heterocycles. The number of fused-ring (bicyclic) bond motifs is 1. The van der Waals surface area contributed by atoms with Gasteiger partial charge in [0, 0.05) is 30.9 Å². The molecule has 7 heteroatoms. The van der Waals surface area contributed by atoms with Gasteiger partial charge in [0.1, 0.15) is 23.4 Å². The zero-order valence-corrected chi connectivity index (χ0v) is 17.9. The highest BCUT2D eigenvalue weighted by Gasteiger charge is 2.46. The van der Waals surface area contributed by atoms with Crippen LogP contribution in [-0.2, 0) is 22.6 Å². The molecule has 2 aromatic carbocycles. The SMILES string of the molecule is C[C@@H]1Cc2cc(C(O)=C3C(=O)C(=O)N(Cc4cccnc4)[C@@H]3c3ccc(F)cc3)ccc2O1. The van der Waals surface area contributed by atoms with Crippen molar-refractivity contribution >= 4 is 17.4 Å². The zero-order valence-electron chi connectivity index (χ0n) is 17.9. The number of nitrogens with zero attached hydrogens (tertiary/aromatic N) is 2. The van der Waals surface area contributed by atoms with E-state index >= 15 is 0 Å². The summed E-state index contributed by atoms with van der Waals surface area (Å²) in [6.45, 7) is 2.07. The van der Waals surface area contributed by atoms with Crippen LogP contribution in [0.15, 0.2) is 72.6 Å². The van der Waals surface area contributed by atoms with Crippen LogP contribution >= 0.6 is 0 Å². The average molecular weight is 444 g/mol. The van der Waals surface area contributed by atoms with E-state index in [1.165, 1.54) is 29.2 Å². The van der Waals surface area contributed by atoms with Crippen LogP contribution in [0.25, 0.3) is 5.76 Å². The molecule has 0 radical (unpaired) electrons. The molecule has 1 amide bonds. The topological polar surface area (TPSA) is 79.7 Å². The van der Waals surface area contributed by atoms with Gasteiger partial charge in [-0.3, -0.25) is 14.6 Å². The maximum atomic E-state index is 13.6. The number of carbonyl (C=O) groups is 2. The third kappa shape index (κ3) is 3.75. The number of likely N-dealkylation sites (tertiary alicyclic amines) is 1. The van der Waals surface area contributed by atoms with E-state index in [0.717, 1.165) is 16.9 Å². The van der Waals surface area contributed by atoms with E-state index in [9.17, 15) is 19.1 Å². The predicted molar refractivity (Wildman–Crippen MR) is 119 cm³/mol. The summed E-state index contributed by atoms with van der Waals surface area (Å²) in [4.78, 5) is 31.6. The lowest BCUT2D eigenvalue weighted by molar-refractivity contribution is -0.140. The smallest absolute Gasteiger partial charge is 0.295 e. The quantitative estimate of drug-likeness (QED) is 0.371. The number of benzene rings is 2. The lowest BCUT2D eigenvalue weighted by Crippen LogP contribution is -2.29. The number of Topliss-reactive ketones (excluding diaryl/α,β-unsaturated/α-hetero) is 1. The first kappa shape index (κ1) is 20.9. The van der Waals surface area contributed by atoms with Gasteiger partial charge in [0.05, 0.1) is 11.6 Å². The molecule has 0 unspecified atom stereocenters. The number of ether oxygens (including phenoxy) is 1. The van der Waals surface area contributed by atoms with Crippen molar-refractivity contribution in [3.63, 3.8) is 0 Å². The number of pyridine rings is 1. The Bertz CT molecular complexity index is 1270. The Kier molecular flexibility index (Phi) is 5.17. The molecule has 166 valence electrons. The number of rotatable bonds is 4. The Morgan fingerprint density at radius 2 is 1.97 bits per heavy atom. The standard InChI is InChI=1S/C26H21FN2O4/c1-15-11-19-12-18(6-9-21(19)33-15)24(30)22-23(17-4-7-20(27)8-5-17)29(26(32)25(22)31)14-16-3-2-10-28-13-16/h2-10,12-13,15,23,30H,11,14H2,1H3/t15-,23-/m1/s1. The maximum absolute atomic E-state index is 13.6. The van der Waals surface area contributed by atoms with E-state index < -0.39 is 23.5 Å². The van der Waals surface area contributed by atoms with Crippen molar-refractivity contribution < 1.29 is 23.8 Å². The van der Waals surface area contributed by atoms with E-state index in [1.54, 1.807) is 42.7 Å². The minimum absolute atomic E-state index is 0.0255. The summed E-state index contributed by atoms with van der Waals surface area (Å²) in [5.74, 6) is -1.47. The van der Waals surface area contributed by atoms with Crippen LogP contribution in [0, 0.1) is 5.82 Å². The van der Waals surface area contributed by atoms with Crippen molar-refractivity contribution in [3.05, 3.63) is 101 Å². The number of aliphatic hydroxyl groups excluding tert-OH is 1. The molecule has 0 bridgehead atoms. The third-order valence-electron chi connectivity index (χ3n) is 5.97. The average Bonchev–Trinajstić information content (AvgIpc) is 3.31. The number of ketones is 1. The second-order valence-electron chi connectivity index (χ2n) is 8.29. The van der Waals surface area contributed by atoms with Crippen LogP contribution < -0.4 is 4.74 Å². The van der Waals surface area contributed by atoms with Crippen molar-refractivity contribution in [1.29, 1.82) is 0 Å². The van der Waals surface area contributed by atoms with Crippen molar-refractivity contribution in [2.75, 3.05) is 0 Å². The molecule has 33 heavy (non-hydrogen) atoms. The molecule has 2 aliphatic rings. The highest BCUT2D eigenvalue weighted by Crippen LogP contribution is 2.41. The van der Waals surface area contributed by atoms with Crippen LogP contribution in [0.5, 0.6) is 5.75 Å². The lowest BCUT2D eigenvalue weighted by Gasteiger charge is -2.25. The number of hydrogen-bond acceptors (Lipinski definition) is 5. The van der Waals surface area contributed by atoms with Gasteiger partial charge in [-0.05, 0) is 60.0 Å². The first-order chi connectivity index (χ1) is 15.9. The van der Waals surface area contributed by atoms with Crippen LogP contribution in [-0.4, -0.2) is 32.8 Å². The normalized spacial score (nSPS) is 21.2. The van der Waals surface area contributed by atoms with E-state index in [-0.39, 0.29) is 24.0 Å². The fourth-order valence-corrected chi connectivity index (χ4v) is 4.45. The summed E-state index contributed by atoms with van der Waals surface area (Å²) < 4.78 is 19.3. The molecule has 1 N–H and O–H groups in total. The number of hydrogen-bond donors (Lipinski definition) is 1. The molecule has 2 aliphatic heterocycles. The molecule has 5 rings (SSSR count). The molecular weight excluding hydrogens is 423 g/mol. The van der Waals surface area contributed by atoms with Crippen molar-refractivity contribution in [2.45, 2.75) is 32.0 Å². The summed E-state index contributed by atoms with van der Waals surface area (Å²) in [7, 11) is 0. The summed E-state index contributed by atoms with van der Waals surface area (Å²) in [5, 5.41) is 11.2. The molecule has 0 saturated carbocycles. The molecule has 2 atom stereocenters. The van der Waals surface area contributed by atoms with Gasteiger partial charge < -0.3 is 14.7 Å². The Labute approximate surface area is 190 Å². The van der Waals surface area contributed by atoms with Crippen molar-refractivity contribution in [1.82, 2.24) is 9.88 Å². The number of carbonyl (C=O) groups excluding carboxylic acids is 2. The second kappa shape index (κ2) is 8.16. The van der Waals surface area contributed by atoms with Gasteiger partial charge in [-0.15, -0.1) is 0 Å². The molecular formula is C26H21FN2O4. The number of aliphatic hydroxyl groups is 1. The third-order valence-corrected chi connectivity index (χ3v) is 5.97. The van der Waals surface area contributed by atoms with E-state index in [4.69, 9.17) is 4.74 Å². The van der Waals surface area contributed by atoms with Crippen molar-refractivity contribution in [3.8, 4) is 5.75 Å². The predicted octanol–water partition coefficient (Wildman–Crippen LogP) is 4.17. The monoisotopic (exact) mass is 444 g/mol. The summed E-state index contributed by atoms with van der Waals surface area (Å²) >= 11 is 0. The molecule has 1 saturated heterocycles. The van der Waals surface area contributed by atoms with Crippen LogP contribution in [0.1, 0.15) is 35.2 Å². The molecule has 3 heterocycles. The zero-order chi connectivity index (χ0) is 23.1. The van der Waals surface area contributed by atoms with Crippen molar-refractivity contribution in [2.24, 2.45) is 0 Å². The summed E-state index contributed by atoms with van der Waals surface area (Å²) in [5.41, 5.74) is 2.59. The van der Waals surface area contributed by atoms with Crippen LogP contribution in [0.4, 0.5) is 4.39 Å². The lowest BCUT2D eigenvalue weighted by atomic mass is 9.94. The van der Waals surface area contributed by atoms with Gasteiger partial charge in [-0.25, -0.2) is 4.39 Å². The number of aromatic nitrogens is 1. The van der Waals surface area contributed by atoms with Gasteiger partial charge in [0.15, 0.2) is 0 Å². The Hall–Kier alpha value is -4.00. The van der Waals surface area contributed by atoms with Crippen LogP contribution in [0.2, 0.25) is 0 Å². The summed E-state index contributed by atoms with van der Waals surface area (Å²) in [6, 6.07) is 13.5. The van der Waals surface area contributed by atoms with Gasteiger partial charge >= 0.3 is 0 Å². The highest BCUT2D eigenvalue weighted by atomic mass is 19.1. The van der Waals surface area contributed by atoms with Gasteiger partial charge in [-0.2, -0.15) is 0 Å². The van der Waals surface area contributed by atoms with E-state index in [2.05, 4.69) is 4.98 Å². The maximum Gasteiger partial charge on any atom is 0.295 e. The molecule has 0 aliphatic carbocycles. The Balaban J connectivity index is 1.62.